The van der Waals surface area contributed by atoms with E-state index in [1.807, 2.05) is 18.2 Å². The molecule has 2 nitrogen and oxygen atoms in total. The summed E-state index contributed by atoms with van der Waals surface area (Å²) in [5.41, 5.74) is 13.9. The Hall–Kier alpha value is -6.45. The zero-order valence-electron chi connectivity index (χ0n) is 28.9. The molecule has 240 valence electrons. The van der Waals surface area contributed by atoms with Gasteiger partial charge >= 0.3 is 0 Å². The number of hydrogen-bond acceptors (Lipinski definition) is 0. The molecular formula is C48H29B3N2. The number of fused-ring (bicyclic) bond motifs is 6. The topological polar surface area (TPSA) is 9.86 Å². The molecule has 2 heterocycles. The summed E-state index contributed by atoms with van der Waals surface area (Å²) in [6.45, 7) is 0. The summed E-state index contributed by atoms with van der Waals surface area (Å²) in [5.74, 6) is 0. The van der Waals surface area contributed by atoms with Crippen molar-refractivity contribution < 1.29 is 0 Å². The SMILES string of the molecule is [B]c1c(-c2ccc3c(c2)c2ccccc2n3-c2ccccc2)c([B])c2c3ccc(-c4ccccc4)cc3n(-c3ccc(-c4ccccc4)cc3)c2c1[B]. The highest BCUT2D eigenvalue weighted by molar-refractivity contribution is 6.60. The molecule has 53 heavy (non-hydrogen) atoms. The fourth-order valence-corrected chi connectivity index (χ4v) is 8.15. The molecule has 0 unspecified atom stereocenters. The predicted molar refractivity (Wildman–Crippen MR) is 228 cm³/mol. The smallest absolute Gasteiger partial charge is 0.115 e. The third-order valence-corrected chi connectivity index (χ3v) is 10.6. The number of aromatic nitrogens is 2. The summed E-state index contributed by atoms with van der Waals surface area (Å²) in [4.78, 5) is 0. The molecule has 10 rings (SSSR count). The highest BCUT2D eigenvalue weighted by atomic mass is 15.0. The van der Waals surface area contributed by atoms with Crippen LogP contribution in [0, 0.1) is 0 Å². The Morgan fingerprint density at radius 2 is 0.868 bits per heavy atom. The lowest BCUT2D eigenvalue weighted by Crippen LogP contribution is -2.35. The molecule has 0 N–H and O–H groups in total. The van der Waals surface area contributed by atoms with Crippen molar-refractivity contribution in [2.24, 2.45) is 0 Å². The van der Waals surface area contributed by atoms with Crippen molar-refractivity contribution in [3.8, 4) is 44.8 Å². The molecule has 0 bridgehead atoms. The molecule has 5 heteroatoms. The quantitative estimate of drug-likeness (QED) is 0.162. The summed E-state index contributed by atoms with van der Waals surface area (Å²) in [6.07, 6.45) is 0. The molecular weight excluding hydrogens is 637 g/mol. The molecule has 0 amide bonds. The predicted octanol–water partition coefficient (Wildman–Crippen LogP) is 9.26. The third-order valence-electron chi connectivity index (χ3n) is 10.6. The highest BCUT2D eigenvalue weighted by Gasteiger charge is 2.22. The Labute approximate surface area is 312 Å². The van der Waals surface area contributed by atoms with Gasteiger partial charge in [-0.3, -0.25) is 0 Å². The maximum absolute atomic E-state index is 7.33. The van der Waals surface area contributed by atoms with Gasteiger partial charge < -0.3 is 9.13 Å². The van der Waals surface area contributed by atoms with Gasteiger partial charge in [-0.2, -0.15) is 0 Å². The van der Waals surface area contributed by atoms with Crippen LogP contribution in [0.2, 0.25) is 0 Å². The summed E-state index contributed by atoms with van der Waals surface area (Å²) in [6, 6.07) is 61.4. The summed E-state index contributed by atoms with van der Waals surface area (Å²) in [7, 11) is 21.6. The molecule has 0 saturated heterocycles. The second kappa shape index (κ2) is 12.4. The van der Waals surface area contributed by atoms with Gasteiger partial charge in [-0.15, -0.1) is 0 Å². The van der Waals surface area contributed by atoms with Gasteiger partial charge in [-0.25, -0.2) is 0 Å². The minimum atomic E-state index is 0.467. The fourth-order valence-electron chi connectivity index (χ4n) is 8.15. The fraction of sp³-hybridized carbons (Fsp3) is 0. The molecule has 0 spiro atoms. The number of nitrogens with zero attached hydrogens (tertiary/aromatic N) is 2. The Kier molecular flexibility index (Phi) is 7.30. The van der Waals surface area contributed by atoms with Gasteiger partial charge in [0.25, 0.3) is 0 Å². The highest BCUT2D eigenvalue weighted by Crippen LogP contribution is 2.37. The van der Waals surface area contributed by atoms with E-state index < -0.39 is 0 Å². The van der Waals surface area contributed by atoms with Crippen LogP contribution in [0.3, 0.4) is 0 Å². The first-order chi connectivity index (χ1) is 26.1. The Morgan fingerprint density at radius 3 is 1.58 bits per heavy atom. The molecule has 0 aliphatic carbocycles. The van der Waals surface area contributed by atoms with Crippen LogP contribution in [0.4, 0.5) is 0 Å². The van der Waals surface area contributed by atoms with E-state index in [2.05, 4.69) is 167 Å². The van der Waals surface area contributed by atoms with Gasteiger partial charge in [0, 0.05) is 38.4 Å². The number of para-hydroxylation sites is 2. The summed E-state index contributed by atoms with van der Waals surface area (Å²) < 4.78 is 4.52. The van der Waals surface area contributed by atoms with Crippen molar-refractivity contribution in [2.45, 2.75) is 0 Å². The number of hydrogen-bond donors (Lipinski definition) is 0. The maximum Gasteiger partial charge on any atom is 0.115 e. The van der Waals surface area contributed by atoms with E-state index in [9.17, 15) is 0 Å². The van der Waals surface area contributed by atoms with Gasteiger partial charge in [-0.1, -0.05) is 144 Å². The van der Waals surface area contributed by atoms with Crippen LogP contribution in [0.25, 0.3) is 88.4 Å². The average molecular weight is 666 g/mol. The molecule has 0 aliphatic heterocycles. The van der Waals surface area contributed by atoms with Crippen molar-refractivity contribution in [3.05, 3.63) is 176 Å². The first-order valence-corrected chi connectivity index (χ1v) is 17.8. The van der Waals surface area contributed by atoms with Gasteiger partial charge in [-0.05, 0) is 81.9 Å². The third kappa shape index (κ3) is 4.92. The van der Waals surface area contributed by atoms with Crippen LogP contribution in [0.15, 0.2) is 176 Å². The van der Waals surface area contributed by atoms with E-state index in [-0.39, 0.29) is 0 Å². The number of rotatable bonds is 5. The van der Waals surface area contributed by atoms with Gasteiger partial charge in [0.05, 0.1) is 16.6 Å². The lowest BCUT2D eigenvalue weighted by atomic mass is 9.69. The second-order valence-electron chi connectivity index (χ2n) is 13.6. The van der Waals surface area contributed by atoms with Gasteiger partial charge in [0.1, 0.15) is 23.5 Å². The van der Waals surface area contributed by atoms with E-state index in [1.165, 1.54) is 0 Å². The maximum atomic E-state index is 7.33. The average Bonchev–Trinajstić information content (AvgIpc) is 3.74. The van der Waals surface area contributed by atoms with E-state index in [1.54, 1.807) is 0 Å². The van der Waals surface area contributed by atoms with Crippen LogP contribution in [-0.4, -0.2) is 32.7 Å². The van der Waals surface area contributed by atoms with Crippen molar-refractivity contribution in [1.82, 2.24) is 9.13 Å². The standard InChI is InChI=1S/C48H29B3N2/c49-45-43(34-23-27-41-39(28-34)37-18-10-11-19-40(37)52(41)35-16-8-3-9-17-35)46(50)47(51)48-44(45)38-26-22-33(31-14-6-2-7-15-31)29-42(38)53(48)36-24-20-32(21-25-36)30-12-4-1-5-13-30/h1-29H. The minimum absolute atomic E-state index is 0.467. The molecule has 6 radical (unpaired) electrons. The lowest BCUT2D eigenvalue weighted by Gasteiger charge is -2.19. The van der Waals surface area contributed by atoms with E-state index in [4.69, 9.17) is 23.5 Å². The Balaban J connectivity index is 1.23. The Morgan fingerprint density at radius 1 is 0.321 bits per heavy atom. The molecule has 8 aromatic carbocycles. The minimum Gasteiger partial charge on any atom is -0.310 e. The molecule has 10 aromatic rings. The molecule has 0 atom stereocenters. The first-order valence-electron chi connectivity index (χ1n) is 17.8. The molecule has 0 fully saturated rings. The van der Waals surface area contributed by atoms with E-state index in [0.717, 1.165) is 88.4 Å². The summed E-state index contributed by atoms with van der Waals surface area (Å²) in [5, 5.41) is 4.18. The second-order valence-corrected chi connectivity index (χ2v) is 13.6. The summed E-state index contributed by atoms with van der Waals surface area (Å²) >= 11 is 0. The molecule has 0 saturated carbocycles. The van der Waals surface area contributed by atoms with E-state index >= 15 is 0 Å². The largest absolute Gasteiger partial charge is 0.310 e. The van der Waals surface area contributed by atoms with Crippen LogP contribution in [-0.2, 0) is 0 Å². The monoisotopic (exact) mass is 666 g/mol. The lowest BCUT2D eigenvalue weighted by molar-refractivity contribution is 1.18. The zero-order valence-corrected chi connectivity index (χ0v) is 28.9. The van der Waals surface area contributed by atoms with Crippen LogP contribution in [0.5, 0.6) is 0 Å². The zero-order chi connectivity index (χ0) is 35.6. The van der Waals surface area contributed by atoms with Gasteiger partial charge in [0.15, 0.2) is 0 Å². The van der Waals surface area contributed by atoms with Crippen molar-refractivity contribution in [2.75, 3.05) is 0 Å². The van der Waals surface area contributed by atoms with Crippen molar-refractivity contribution in [3.63, 3.8) is 0 Å². The van der Waals surface area contributed by atoms with Crippen LogP contribution < -0.4 is 16.4 Å². The van der Waals surface area contributed by atoms with Crippen LogP contribution >= 0.6 is 0 Å². The Bertz CT molecular complexity index is 3000. The first kappa shape index (κ1) is 31.3. The normalized spacial score (nSPS) is 11.6. The van der Waals surface area contributed by atoms with Crippen molar-refractivity contribution >= 4 is 83.5 Å². The molecule has 2 aromatic heterocycles. The number of benzene rings is 8. The van der Waals surface area contributed by atoms with Crippen LogP contribution in [0.1, 0.15) is 0 Å². The van der Waals surface area contributed by atoms with Crippen molar-refractivity contribution in [1.29, 1.82) is 0 Å². The van der Waals surface area contributed by atoms with E-state index in [0.29, 0.717) is 16.4 Å². The molecule has 0 aliphatic rings. The van der Waals surface area contributed by atoms with Gasteiger partial charge in [0.2, 0.25) is 0 Å².